The molecule has 0 fully saturated rings. The van der Waals surface area contributed by atoms with Gasteiger partial charge in [0.1, 0.15) is 17.3 Å². The van der Waals surface area contributed by atoms with Gasteiger partial charge in [0.25, 0.3) is 0 Å². The number of nitriles is 1. The van der Waals surface area contributed by atoms with Gasteiger partial charge in [-0.05, 0) is 24.3 Å². The lowest BCUT2D eigenvalue weighted by molar-refractivity contribution is 0.889. The first-order valence-electron chi connectivity index (χ1n) is 9.63. The Morgan fingerprint density at radius 1 is 0.806 bits per heavy atom. The molecular weight excluding hydrogens is 404 g/mol. The summed E-state index contributed by atoms with van der Waals surface area (Å²) in [5.41, 5.74) is 4.42. The fraction of sp³-hybridized carbons (Fsp3) is 0. The average Bonchev–Trinajstić information content (AvgIpc) is 3.45. The number of nitrogens with one attached hydrogen (secondary N) is 1. The first-order valence-corrected chi connectivity index (χ1v) is 10.4. The minimum atomic E-state index is 0.470. The van der Waals surface area contributed by atoms with Crippen molar-refractivity contribution in [3.63, 3.8) is 0 Å². The molecule has 0 atom stereocenters. The van der Waals surface area contributed by atoms with Crippen LogP contribution in [0.3, 0.4) is 0 Å². The third-order valence-corrected chi connectivity index (χ3v) is 5.54. The largest absolute Gasteiger partial charge is 0.330 e. The zero-order valence-corrected chi connectivity index (χ0v) is 17.1. The molecule has 0 aliphatic carbocycles. The molecule has 0 radical (unpaired) electrons. The van der Waals surface area contributed by atoms with Crippen LogP contribution in [0.15, 0.2) is 91.0 Å². The van der Waals surface area contributed by atoms with Crippen molar-refractivity contribution >= 4 is 22.2 Å². The number of nitrogens with zero attached hydrogens (tertiary/aromatic N) is 5. The Morgan fingerprint density at radius 2 is 1.45 bits per heavy atom. The molecule has 0 aliphatic heterocycles. The van der Waals surface area contributed by atoms with Gasteiger partial charge in [0, 0.05) is 11.3 Å². The predicted molar refractivity (Wildman–Crippen MR) is 122 cm³/mol. The Bertz CT molecular complexity index is 1350. The van der Waals surface area contributed by atoms with Crippen molar-refractivity contribution in [2.75, 3.05) is 5.32 Å². The summed E-state index contributed by atoms with van der Waals surface area (Å²) in [7, 11) is 0. The molecule has 2 aromatic heterocycles. The molecule has 148 valence electrons. The number of hydrogen-bond donors (Lipinski definition) is 1. The lowest BCUT2D eigenvalue weighted by Gasteiger charge is -2.07. The molecule has 0 bridgehead atoms. The Hall–Kier alpha value is -4.28. The Kier molecular flexibility index (Phi) is 4.97. The van der Waals surface area contributed by atoms with E-state index in [2.05, 4.69) is 21.6 Å². The lowest BCUT2D eigenvalue weighted by Crippen LogP contribution is -1.99. The van der Waals surface area contributed by atoms with Crippen LogP contribution in [0.2, 0.25) is 0 Å². The topological polar surface area (TPSA) is 79.4 Å². The van der Waals surface area contributed by atoms with Crippen LogP contribution in [0.4, 0.5) is 10.8 Å². The molecule has 7 heteroatoms. The second-order valence-corrected chi connectivity index (χ2v) is 7.68. The van der Waals surface area contributed by atoms with Gasteiger partial charge in [-0.15, -0.1) is 10.2 Å². The van der Waals surface area contributed by atoms with Crippen LogP contribution in [-0.2, 0) is 0 Å². The van der Waals surface area contributed by atoms with E-state index in [1.165, 1.54) is 11.3 Å². The number of para-hydroxylation sites is 2. The maximum Gasteiger partial charge on any atom is 0.210 e. The maximum atomic E-state index is 10.1. The fourth-order valence-electron chi connectivity index (χ4n) is 3.31. The molecule has 0 saturated carbocycles. The fourth-order valence-corrected chi connectivity index (χ4v) is 4.06. The van der Waals surface area contributed by atoms with Crippen LogP contribution in [0.5, 0.6) is 0 Å². The quantitative estimate of drug-likeness (QED) is 0.396. The molecule has 5 rings (SSSR count). The Labute approximate surface area is 183 Å². The van der Waals surface area contributed by atoms with Crippen molar-refractivity contribution in [1.29, 1.82) is 5.26 Å². The van der Waals surface area contributed by atoms with Gasteiger partial charge in [-0.2, -0.15) is 10.4 Å². The normalized spacial score (nSPS) is 10.5. The number of aromatic nitrogens is 4. The van der Waals surface area contributed by atoms with Crippen molar-refractivity contribution in [1.82, 2.24) is 20.0 Å². The first-order chi connectivity index (χ1) is 15.3. The first kappa shape index (κ1) is 18.7. The van der Waals surface area contributed by atoms with Gasteiger partial charge in [0.15, 0.2) is 5.01 Å². The van der Waals surface area contributed by atoms with Crippen LogP contribution in [-0.4, -0.2) is 20.0 Å². The van der Waals surface area contributed by atoms with E-state index >= 15 is 0 Å². The molecule has 31 heavy (non-hydrogen) atoms. The molecule has 5 aromatic rings. The van der Waals surface area contributed by atoms with Crippen LogP contribution in [0, 0.1) is 11.3 Å². The predicted octanol–water partition coefficient (Wildman–Crippen LogP) is 5.67. The van der Waals surface area contributed by atoms with Gasteiger partial charge < -0.3 is 5.32 Å². The van der Waals surface area contributed by atoms with E-state index in [4.69, 9.17) is 5.10 Å². The van der Waals surface area contributed by atoms with E-state index in [1.54, 1.807) is 4.68 Å². The van der Waals surface area contributed by atoms with E-state index in [0.29, 0.717) is 21.4 Å². The third kappa shape index (κ3) is 3.68. The minimum absolute atomic E-state index is 0.470. The summed E-state index contributed by atoms with van der Waals surface area (Å²) >= 11 is 1.36. The summed E-state index contributed by atoms with van der Waals surface area (Å²) in [5, 5.41) is 27.9. The summed E-state index contributed by atoms with van der Waals surface area (Å²) in [6.45, 7) is 0. The minimum Gasteiger partial charge on any atom is -0.330 e. The number of hydrogen-bond acceptors (Lipinski definition) is 6. The van der Waals surface area contributed by atoms with E-state index in [-0.39, 0.29) is 0 Å². The van der Waals surface area contributed by atoms with Crippen LogP contribution < -0.4 is 5.32 Å². The average molecular weight is 421 g/mol. The number of anilines is 2. The van der Waals surface area contributed by atoms with Crippen LogP contribution in [0.1, 0.15) is 5.56 Å². The van der Waals surface area contributed by atoms with Gasteiger partial charge in [-0.1, -0.05) is 78.1 Å². The van der Waals surface area contributed by atoms with Crippen molar-refractivity contribution in [3.8, 4) is 33.7 Å². The van der Waals surface area contributed by atoms with Crippen LogP contribution in [0.25, 0.3) is 27.6 Å². The van der Waals surface area contributed by atoms with E-state index in [9.17, 15) is 5.26 Å². The zero-order valence-electron chi connectivity index (χ0n) is 16.3. The van der Waals surface area contributed by atoms with Crippen molar-refractivity contribution in [3.05, 3.63) is 96.6 Å². The summed E-state index contributed by atoms with van der Waals surface area (Å²) in [4.78, 5) is 0. The number of benzene rings is 3. The van der Waals surface area contributed by atoms with Crippen molar-refractivity contribution < 1.29 is 0 Å². The summed E-state index contributed by atoms with van der Waals surface area (Å²) < 4.78 is 1.80. The van der Waals surface area contributed by atoms with Crippen molar-refractivity contribution in [2.24, 2.45) is 0 Å². The molecule has 3 aromatic carbocycles. The summed E-state index contributed by atoms with van der Waals surface area (Å²) in [5.74, 6) is 0. The second kappa shape index (κ2) is 8.22. The van der Waals surface area contributed by atoms with E-state index in [1.807, 2.05) is 91.0 Å². The monoisotopic (exact) mass is 420 g/mol. The lowest BCUT2D eigenvalue weighted by atomic mass is 10.1. The highest BCUT2D eigenvalue weighted by Gasteiger charge is 2.24. The highest BCUT2D eigenvalue weighted by Crippen LogP contribution is 2.36. The standard InChI is InChI=1S/C24H16N6S/c25-16-20-21(23-27-28-24(31-23)26-18-12-6-2-7-13-18)29-30(19-14-8-3-9-15-19)22(20)17-10-4-1-5-11-17/h1-15H,(H,26,28). The second-order valence-electron chi connectivity index (χ2n) is 6.70. The number of rotatable bonds is 5. The summed E-state index contributed by atoms with van der Waals surface area (Å²) in [6, 6.07) is 31.7. The highest BCUT2D eigenvalue weighted by molar-refractivity contribution is 7.18. The smallest absolute Gasteiger partial charge is 0.210 e. The molecule has 0 amide bonds. The van der Waals surface area contributed by atoms with E-state index in [0.717, 1.165) is 22.6 Å². The molecule has 6 nitrogen and oxygen atoms in total. The Balaban J connectivity index is 1.63. The van der Waals surface area contributed by atoms with Gasteiger partial charge in [0.2, 0.25) is 5.13 Å². The molecule has 2 heterocycles. The van der Waals surface area contributed by atoms with Gasteiger partial charge in [-0.25, -0.2) is 4.68 Å². The molecule has 0 saturated heterocycles. The van der Waals surface area contributed by atoms with Crippen LogP contribution >= 0.6 is 11.3 Å². The van der Waals surface area contributed by atoms with Gasteiger partial charge in [0.05, 0.1) is 11.4 Å². The summed E-state index contributed by atoms with van der Waals surface area (Å²) in [6.07, 6.45) is 0. The molecule has 0 unspecified atom stereocenters. The molecular formula is C24H16N6S. The van der Waals surface area contributed by atoms with Gasteiger partial charge in [-0.3, -0.25) is 0 Å². The molecule has 1 N–H and O–H groups in total. The highest BCUT2D eigenvalue weighted by atomic mass is 32.1. The molecule has 0 spiro atoms. The zero-order chi connectivity index (χ0) is 21.0. The molecule has 0 aliphatic rings. The van der Waals surface area contributed by atoms with Crippen molar-refractivity contribution in [2.45, 2.75) is 0 Å². The SMILES string of the molecule is N#Cc1c(-c2nnc(Nc3ccccc3)s2)nn(-c2ccccc2)c1-c1ccccc1. The van der Waals surface area contributed by atoms with E-state index < -0.39 is 0 Å². The Morgan fingerprint density at radius 3 is 2.13 bits per heavy atom. The third-order valence-electron chi connectivity index (χ3n) is 4.70. The maximum absolute atomic E-state index is 10.1. The van der Waals surface area contributed by atoms with Gasteiger partial charge >= 0.3 is 0 Å².